The Balaban J connectivity index is 2.31. The van der Waals surface area contributed by atoms with Crippen molar-refractivity contribution < 1.29 is 4.79 Å². The summed E-state index contributed by atoms with van der Waals surface area (Å²) in [5.41, 5.74) is 2.28. The molecule has 0 aromatic heterocycles. The molecular weight excluding hydrogens is 196 g/mol. The Kier molecular flexibility index (Phi) is 3.05. The summed E-state index contributed by atoms with van der Waals surface area (Å²) in [5, 5.41) is 0. The van der Waals surface area contributed by atoms with Crippen molar-refractivity contribution in [2.24, 2.45) is 23.7 Å². The molecule has 2 rings (SSSR count). The Bertz CT molecular complexity index is 348. The van der Waals surface area contributed by atoms with Gasteiger partial charge in [0.05, 0.1) is 0 Å². The van der Waals surface area contributed by atoms with Gasteiger partial charge in [-0.3, -0.25) is 4.79 Å². The molecule has 1 fully saturated rings. The molecule has 2 unspecified atom stereocenters. The van der Waals surface area contributed by atoms with Gasteiger partial charge in [-0.2, -0.15) is 0 Å². The number of carbonyl (C=O) groups is 1. The second-order valence-electron chi connectivity index (χ2n) is 5.77. The smallest absolute Gasteiger partial charge is 0.158 e. The second-order valence-corrected chi connectivity index (χ2v) is 5.77. The number of fused-ring (bicyclic) bond motifs is 1. The first kappa shape index (κ1) is 11.6. The van der Waals surface area contributed by atoms with E-state index in [0.29, 0.717) is 30.0 Å². The lowest BCUT2D eigenvalue weighted by atomic mass is 9.62. The van der Waals surface area contributed by atoms with E-state index in [9.17, 15) is 4.79 Å². The summed E-state index contributed by atoms with van der Waals surface area (Å²) in [6, 6.07) is 0. The van der Waals surface area contributed by atoms with Crippen LogP contribution in [0.1, 0.15) is 40.0 Å². The maximum absolute atomic E-state index is 11.8. The summed E-state index contributed by atoms with van der Waals surface area (Å²) in [7, 11) is 0. The minimum absolute atomic E-state index is 0.326. The van der Waals surface area contributed by atoms with E-state index in [0.717, 1.165) is 17.9 Å². The number of hydrogen-bond acceptors (Lipinski definition) is 1. The first-order valence-electron chi connectivity index (χ1n) is 6.40. The number of allylic oxidation sites excluding steroid dienone is 3. The van der Waals surface area contributed by atoms with Crippen molar-refractivity contribution in [1.29, 1.82) is 0 Å². The van der Waals surface area contributed by atoms with Crippen molar-refractivity contribution in [1.82, 2.24) is 0 Å². The van der Waals surface area contributed by atoms with Gasteiger partial charge in [0.25, 0.3) is 0 Å². The molecule has 0 N–H and O–H groups in total. The van der Waals surface area contributed by atoms with E-state index in [4.69, 9.17) is 0 Å². The predicted octanol–water partition coefficient (Wildman–Crippen LogP) is 3.76. The predicted molar refractivity (Wildman–Crippen MR) is 67.1 cm³/mol. The van der Waals surface area contributed by atoms with Crippen LogP contribution in [0, 0.1) is 23.7 Å². The first-order chi connectivity index (χ1) is 7.50. The van der Waals surface area contributed by atoms with E-state index in [1.54, 1.807) is 0 Å². The average Bonchev–Trinajstić information content (AvgIpc) is 2.21. The van der Waals surface area contributed by atoms with Crippen LogP contribution in [0.5, 0.6) is 0 Å². The van der Waals surface area contributed by atoms with Crippen LogP contribution in [0.2, 0.25) is 0 Å². The fraction of sp³-hybridized carbons (Fsp3) is 0.667. The van der Waals surface area contributed by atoms with Crippen LogP contribution in [0.25, 0.3) is 0 Å². The molecule has 0 aliphatic heterocycles. The maximum Gasteiger partial charge on any atom is 0.158 e. The third-order valence-electron chi connectivity index (χ3n) is 4.43. The summed E-state index contributed by atoms with van der Waals surface area (Å²) in [4.78, 5) is 11.8. The molecule has 1 saturated carbocycles. The zero-order valence-electron chi connectivity index (χ0n) is 10.6. The van der Waals surface area contributed by atoms with Crippen molar-refractivity contribution in [2.45, 2.75) is 40.0 Å². The van der Waals surface area contributed by atoms with Crippen LogP contribution in [-0.4, -0.2) is 5.78 Å². The standard InChI is InChI=1S/C15H22O/c1-9(2)12-6-5-10(3)13-8-15(16)11(4)7-14(12)13/h7,9,12-14H,3,5-6,8H2,1-2,4H3/t12-,13?,14?/m1/s1. The normalized spacial score (nSPS) is 35.0. The molecule has 0 bridgehead atoms. The number of carbonyl (C=O) groups excluding carboxylic acids is 1. The van der Waals surface area contributed by atoms with Gasteiger partial charge in [-0.25, -0.2) is 0 Å². The highest BCUT2D eigenvalue weighted by atomic mass is 16.1. The third-order valence-corrected chi connectivity index (χ3v) is 4.43. The zero-order valence-corrected chi connectivity index (χ0v) is 10.6. The number of hydrogen-bond donors (Lipinski definition) is 0. The molecule has 2 aliphatic carbocycles. The van der Waals surface area contributed by atoms with Gasteiger partial charge < -0.3 is 0 Å². The largest absolute Gasteiger partial charge is 0.295 e. The molecule has 88 valence electrons. The minimum atomic E-state index is 0.326. The van der Waals surface area contributed by atoms with E-state index in [-0.39, 0.29) is 0 Å². The fourth-order valence-corrected chi connectivity index (χ4v) is 3.34. The van der Waals surface area contributed by atoms with Crippen molar-refractivity contribution >= 4 is 5.78 Å². The van der Waals surface area contributed by atoms with Gasteiger partial charge in [0.1, 0.15) is 0 Å². The van der Waals surface area contributed by atoms with Gasteiger partial charge in [0, 0.05) is 6.42 Å². The minimum Gasteiger partial charge on any atom is -0.295 e. The molecule has 3 atom stereocenters. The molecule has 0 radical (unpaired) electrons. The van der Waals surface area contributed by atoms with E-state index >= 15 is 0 Å². The van der Waals surface area contributed by atoms with Crippen molar-refractivity contribution in [2.75, 3.05) is 0 Å². The maximum atomic E-state index is 11.8. The lowest BCUT2D eigenvalue weighted by Gasteiger charge is -2.42. The van der Waals surface area contributed by atoms with Crippen LogP contribution in [0.4, 0.5) is 0 Å². The molecule has 16 heavy (non-hydrogen) atoms. The molecule has 0 amide bonds. The summed E-state index contributed by atoms with van der Waals surface area (Å²) in [6.45, 7) is 10.7. The van der Waals surface area contributed by atoms with Crippen LogP contribution in [0.3, 0.4) is 0 Å². The molecule has 0 aromatic carbocycles. The van der Waals surface area contributed by atoms with Gasteiger partial charge in [-0.05, 0) is 49.0 Å². The van der Waals surface area contributed by atoms with Gasteiger partial charge in [0.2, 0.25) is 0 Å². The molecule has 1 heteroatoms. The highest BCUT2D eigenvalue weighted by molar-refractivity contribution is 5.96. The summed E-state index contributed by atoms with van der Waals surface area (Å²) in [5.74, 6) is 2.76. The molecule has 0 heterocycles. The highest BCUT2D eigenvalue weighted by Crippen LogP contribution is 2.46. The third kappa shape index (κ3) is 1.88. The molecule has 0 saturated heterocycles. The topological polar surface area (TPSA) is 17.1 Å². The van der Waals surface area contributed by atoms with Crippen molar-refractivity contribution in [3.05, 3.63) is 23.8 Å². The van der Waals surface area contributed by atoms with Crippen LogP contribution in [0.15, 0.2) is 23.8 Å². The molecule has 1 nitrogen and oxygen atoms in total. The lowest BCUT2D eigenvalue weighted by Crippen LogP contribution is -2.35. The Morgan fingerprint density at radius 3 is 2.75 bits per heavy atom. The summed E-state index contributed by atoms with van der Waals surface area (Å²) >= 11 is 0. The molecule has 0 spiro atoms. The lowest BCUT2D eigenvalue weighted by molar-refractivity contribution is -0.117. The number of Topliss-reactive ketones (excluding diaryl/α,β-unsaturated/α-hetero) is 1. The Labute approximate surface area is 98.6 Å². The highest BCUT2D eigenvalue weighted by Gasteiger charge is 2.39. The molecule has 0 aromatic rings. The SMILES string of the molecule is C=C1CC[C@H](C(C)C)C2C=C(C)C(=O)CC12. The molecule has 2 aliphatic rings. The van der Waals surface area contributed by atoms with Gasteiger partial charge >= 0.3 is 0 Å². The van der Waals surface area contributed by atoms with Crippen molar-refractivity contribution in [3.8, 4) is 0 Å². The first-order valence-corrected chi connectivity index (χ1v) is 6.40. The van der Waals surface area contributed by atoms with Gasteiger partial charge in [-0.15, -0.1) is 0 Å². The van der Waals surface area contributed by atoms with Crippen LogP contribution in [-0.2, 0) is 4.79 Å². The van der Waals surface area contributed by atoms with Crippen LogP contribution < -0.4 is 0 Å². The average molecular weight is 218 g/mol. The summed E-state index contributed by atoms with van der Waals surface area (Å²) < 4.78 is 0. The second kappa shape index (κ2) is 4.20. The zero-order chi connectivity index (χ0) is 11.9. The quantitative estimate of drug-likeness (QED) is 0.612. The monoisotopic (exact) mass is 218 g/mol. The van der Waals surface area contributed by atoms with E-state index in [2.05, 4.69) is 26.5 Å². The van der Waals surface area contributed by atoms with Crippen molar-refractivity contribution in [3.63, 3.8) is 0 Å². The van der Waals surface area contributed by atoms with E-state index < -0.39 is 0 Å². The van der Waals surface area contributed by atoms with E-state index in [1.165, 1.54) is 12.0 Å². The van der Waals surface area contributed by atoms with Crippen LogP contribution >= 0.6 is 0 Å². The molecular formula is C15H22O. The number of rotatable bonds is 1. The Morgan fingerprint density at radius 2 is 2.12 bits per heavy atom. The van der Waals surface area contributed by atoms with E-state index in [1.807, 2.05) is 6.92 Å². The summed E-state index contributed by atoms with van der Waals surface area (Å²) in [6.07, 6.45) is 5.29. The van der Waals surface area contributed by atoms with Gasteiger partial charge in [-0.1, -0.05) is 32.1 Å². The van der Waals surface area contributed by atoms with Gasteiger partial charge in [0.15, 0.2) is 5.78 Å². The Hall–Kier alpha value is -0.850. The number of ketones is 1. The fourth-order valence-electron chi connectivity index (χ4n) is 3.34. The Morgan fingerprint density at radius 1 is 1.44 bits per heavy atom.